The monoisotopic (exact) mass is 460 g/mol. The van der Waals surface area contributed by atoms with E-state index in [1.165, 1.54) is 25.2 Å². The molecule has 162 valence electrons. The lowest BCUT2D eigenvalue weighted by molar-refractivity contribution is 0.157. The number of nitrogens with two attached hydrogens (primary N) is 2. The van der Waals surface area contributed by atoms with Crippen molar-refractivity contribution in [3.05, 3.63) is 35.3 Å². The fourth-order valence-electron chi connectivity index (χ4n) is 4.77. The fraction of sp³-hybridized carbons (Fsp3) is 0.400. The van der Waals surface area contributed by atoms with Crippen molar-refractivity contribution in [3.63, 3.8) is 0 Å². The summed E-state index contributed by atoms with van der Waals surface area (Å²) < 4.78 is 15.5. The van der Waals surface area contributed by atoms with Crippen LogP contribution in [-0.4, -0.2) is 31.0 Å². The smallest absolute Gasteiger partial charge is 0.192 e. The molecule has 0 aromatic carbocycles. The molecule has 3 aromatic rings. The number of hydrogen-bond acceptors (Lipinski definition) is 8. The van der Waals surface area contributed by atoms with Crippen LogP contribution in [0.3, 0.4) is 0 Å². The number of nitrogens with zero attached hydrogens (tertiary/aromatic N) is 4. The molecule has 3 aliphatic rings. The van der Waals surface area contributed by atoms with E-state index in [2.05, 4.69) is 30.2 Å². The Balaban J connectivity index is 1.62. The lowest BCUT2D eigenvalue weighted by Crippen LogP contribution is -2.40. The number of anilines is 1. The topological polar surface area (TPSA) is 131 Å². The van der Waals surface area contributed by atoms with Gasteiger partial charge in [0.05, 0.1) is 16.7 Å². The molecule has 3 aromatic heterocycles. The molecule has 11 heteroatoms. The number of halogens is 2. The van der Waals surface area contributed by atoms with Crippen LogP contribution in [0.25, 0.3) is 27.5 Å². The van der Waals surface area contributed by atoms with Crippen molar-refractivity contribution < 1.29 is 4.39 Å². The zero-order valence-electron chi connectivity index (χ0n) is 16.6. The molecule has 3 heterocycles. The van der Waals surface area contributed by atoms with Gasteiger partial charge in [-0.2, -0.15) is 0 Å². The highest BCUT2D eigenvalue weighted by molar-refractivity contribution is 8.06. The lowest BCUT2D eigenvalue weighted by Gasteiger charge is -2.42. The second kappa shape index (κ2) is 8.25. The molecule has 3 fully saturated rings. The van der Waals surface area contributed by atoms with Gasteiger partial charge in [-0.3, -0.25) is 5.14 Å². The average molecular weight is 461 g/mol. The molecule has 0 spiro atoms. The van der Waals surface area contributed by atoms with Crippen molar-refractivity contribution in [2.45, 2.75) is 38.1 Å². The average Bonchev–Trinajstić information content (AvgIpc) is 3.21. The number of nitrogens with one attached hydrogen (secondary N) is 2. The van der Waals surface area contributed by atoms with Gasteiger partial charge in [-0.1, -0.05) is 24.4 Å². The Morgan fingerprint density at radius 1 is 1.26 bits per heavy atom. The lowest BCUT2D eigenvalue weighted by atomic mass is 9.68. The molecule has 1 atom stereocenters. The van der Waals surface area contributed by atoms with Crippen LogP contribution in [0.15, 0.2) is 18.6 Å². The summed E-state index contributed by atoms with van der Waals surface area (Å²) in [5.41, 5.74) is 7.35. The molecule has 6 rings (SSSR count). The standard InChI is InChI=1S/C20H22ClFN8S/c21-14-8-26-20-16(28-14)11(7-25-20)18-29-17(13(6-23)31-24)15(22)19(30-18)27-12-5-9-1-3-10(12)4-2-9/h6-10,12H,1-5,23-24H2,(H,25,26)(H,27,29,30)/b13-6-. The number of rotatable bonds is 5. The highest BCUT2D eigenvalue weighted by Gasteiger charge is 2.36. The van der Waals surface area contributed by atoms with Crippen molar-refractivity contribution in [2.24, 2.45) is 22.7 Å². The van der Waals surface area contributed by atoms with E-state index in [1.54, 1.807) is 6.20 Å². The van der Waals surface area contributed by atoms with Crippen LogP contribution in [0.5, 0.6) is 0 Å². The van der Waals surface area contributed by atoms with Gasteiger partial charge < -0.3 is 16.0 Å². The first-order chi connectivity index (χ1) is 15.1. The third-order valence-electron chi connectivity index (χ3n) is 6.33. The maximum atomic E-state index is 15.5. The van der Waals surface area contributed by atoms with E-state index in [9.17, 15) is 0 Å². The van der Waals surface area contributed by atoms with Gasteiger partial charge in [0, 0.05) is 18.4 Å². The molecule has 0 radical (unpaired) electrons. The van der Waals surface area contributed by atoms with E-state index in [4.69, 9.17) is 22.5 Å². The maximum absolute atomic E-state index is 15.5. The normalized spacial score (nSPS) is 23.5. The van der Waals surface area contributed by atoms with E-state index >= 15 is 4.39 Å². The van der Waals surface area contributed by atoms with Gasteiger partial charge in [-0.15, -0.1) is 0 Å². The first kappa shape index (κ1) is 20.5. The Kier molecular flexibility index (Phi) is 5.45. The number of hydrogen-bond donors (Lipinski definition) is 4. The van der Waals surface area contributed by atoms with Crippen LogP contribution in [0, 0.1) is 17.7 Å². The highest BCUT2D eigenvalue weighted by Crippen LogP contribution is 2.43. The predicted octanol–water partition coefficient (Wildman–Crippen LogP) is 4.06. The first-order valence-corrected chi connectivity index (χ1v) is 11.5. The molecule has 0 amide bonds. The van der Waals surface area contributed by atoms with Crippen molar-refractivity contribution in [1.29, 1.82) is 0 Å². The Hall–Kier alpha value is -2.43. The van der Waals surface area contributed by atoms with Gasteiger partial charge in [-0.25, -0.2) is 24.3 Å². The Bertz CT molecular complexity index is 1160. The summed E-state index contributed by atoms with van der Waals surface area (Å²) in [6.45, 7) is 0. The van der Waals surface area contributed by atoms with Crippen LogP contribution >= 0.6 is 23.5 Å². The van der Waals surface area contributed by atoms with Crippen LogP contribution in [-0.2, 0) is 0 Å². The van der Waals surface area contributed by atoms with Crippen molar-refractivity contribution >= 4 is 45.4 Å². The molecular weight excluding hydrogens is 439 g/mol. The Labute approximate surface area is 187 Å². The van der Waals surface area contributed by atoms with E-state index in [0.717, 1.165) is 31.2 Å². The Morgan fingerprint density at radius 3 is 2.74 bits per heavy atom. The molecule has 0 aliphatic heterocycles. The van der Waals surface area contributed by atoms with E-state index in [0.29, 0.717) is 33.5 Å². The summed E-state index contributed by atoms with van der Waals surface area (Å²) in [4.78, 5) is 20.9. The van der Waals surface area contributed by atoms with E-state index < -0.39 is 5.82 Å². The quantitative estimate of drug-likeness (QED) is 0.419. The van der Waals surface area contributed by atoms with E-state index in [1.807, 2.05) is 0 Å². The molecular formula is C20H22ClFN8S. The van der Waals surface area contributed by atoms with Gasteiger partial charge >= 0.3 is 0 Å². The molecule has 8 nitrogen and oxygen atoms in total. The zero-order chi connectivity index (χ0) is 21.5. The third kappa shape index (κ3) is 3.72. The molecule has 3 saturated carbocycles. The molecule has 6 N–H and O–H groups in total. The van der Waals surface area contributed by atoms with Crippen molar-refractivity contribution in [2.75, 3.05) is 5.32 Å². The Morgan fingerprint density at radius 2 is 2.06 bits per heavy atom. The SMILES string of the molecule is N/C=C(\SN)c1nc(-c2c[nH]c3ncc(Cl)nc23)nc(NC2CC3CCC2CC3)c1F. The number of fused-ring (bicyclic) bond motifs is 4. The zero-order valence-corrected chi connectivity index (χ0v) is 18.2. The second-order valence-electron chi connectivity index (χ2n) is 8.07. The largest absolute Gasteiger partial charge is 0.404 e. The third-order valence-corrected chi connectivity index (χ3v) is 7.09. The molecule has 1 unspecified atom stereocenters. The van der Waals surface area contributed by atoms with Crippen LogP contribution < -0.4 is 16.2 Å². The number of aromatic nitrogens is 5. The van der Waals surface area contributed by atoms with Crippen molar-refractivity contribution in [1.82, 2.24) is 24.9 Å². The van der Waals surface area contributed by atoms with Gasteiger partial charge in [0.25, 0.3) is 0 Å². The molecule has 0 saturated heterocycles. The summed E-state index contributed by atoms with van der Waals surface area (Å²) in [5, 5.41) is 9.33. The summed E-state index contributed by atoms with van der Waals surface area (Å²) in [6, 6.07) is 0.186. The minimum Gasteiger partial charge on any atom is -0.404 e. The van der Waals surface area contributed by atoms with Crippen molar-refractivity contribution in [3.8, 4) is 11.4 Å². The molecule has 3 aliphatic carbocycles. The predicted molar refractivity (Wildman–Crippen MR) is 121 cm³/mol. The van der Waals surface area contributed by atoms with Gasteiger partial charge in [0.15, 0.2) is 23.1 Å². The summed E-state index contributed by atoms with van der Waals surface area (Å²) in [5.74, 6) is 1.09. The van der Waals surface area contributed by atoms with Gasteiger partial charge in [-0.05, 0) is 43.0 Å². The summed E-state index contributed by atoms with van der Waals surface area (Å²) in [7, 11) is 0. The van der Waals surface area contributed by atoms with Crippen LogP contribution in [0.2, 0.25) is 5.15 Å². The minimum absolute atomic E-state index is 0.0489. The number of H-pyrrole nitrogens is 1. The fourth-order valence-corrected chi connectivity index (χ4v) is 5.23. The molecule has 2 bridgehead atoms. The second-order valence-corrected chi connectivity index (χ2v) is 9.13. The maximum Gasteiger partial charge on any atom is 0.192 e. The van der Waals surface area contributed by atoms with Gasteiger partial charge in [0.1, 0.15) is 16.4 Å². The highest BCUT2D eigenvalue weighted by atomic mass is 35.5. The summed E-state index contributed by atoms with van der Waals surface area (Å²) >= 11 is 6.87. The van der Waals surface area contributed by atoms with Crippen LogP contribution in [0.4, 0.5) is 10.2 Å². The van der Waals surface area contributed by atoms with E-state index in [-0.39, 0.29) is 28.5 Å². The van der Waals surface area contributed by atoms with Crippen LogP contribution in [0.1, 0.15) is 37.8 Å². The summed E-state index contributed by atoms with van der Waals surface area (Å²) in [6.07, 6.45) is 10.2. The number of aromatic amines is 1. The van der Waals surface area contributed by atoms with Gasteiger partial charge in [0.2, 0.25) is 0 Å². The minimum atomic E-state index is -0.566. The first-order valence-electron chi connectivity index (χ1n) is 10.2. The molecule has 31 heavy (non-hydrogen) atoms.